The van der Waals surface area contributed by atoms with Gasteiger partial charge >= 0.3 is 0 Å². The van der Waals surface area contributed by atoms with Gasteiger partial charge in [0, 0.05) is 19.0 Å². The van der Waals surface area contributed by atoms with Crippen molar-refractivity contribution in [2.24, 2.45) is 11.7 Å². The Hall–Kier alpha value is -2.29. The Morgan fingerprint density at radius 1 is 1.33 bits per heavy atom. The lowest BCUT2D eigenvalue weighted by molar-refractivity contribution is -0.120. The molecule has 0 atom stereocenters. The number of amides is 2. The highest BCUT2D eigenvalue weighted by Gasteiger charge is 2.21. The molecule has 1 fully saturated rings. The molecule has 0 bridgehead atoms. The van der Waals surface area contributed by atoms with Crippen molar-refractivity contribution in [3.05, 3.63) is 18.4 Å². The molecule has 3 N–H and O–H groups in total. The van der Waals surface area contributed by atoms with Gasteiger partial charge in [-0.05, 0) is 43.7 Å². The highest BCUT2D eigenvalue weighted by Crippen LogP contribution is 2.26. The monoisotopic (exact) mass is 391 g/mol. The predicted molar refractivity (Wildman–Crippen MR) is 102 cm³/mol. The van der Waals surface area contributed by atoms with Gasteiger partial charge in [0.05, 0.1) is 12.0 Å². The molecule has 2 aromatic heterocycles. The SMILES string of the molecule is CC1CCC(NC(=O)CSc2nnc(-c3ccco3)n2CCC(N)=O)CC1. The summed E-state index contributed by atoms with van der Waals surface area (Å²) >= 11 is 1.30. The van der Waals surface area contributed by atoms with Gasteiger partial charge in [0.25, 0.3) is 0 Å². The molecule has 0 saturated heterocycles. The van der Waals surface area contributed by atoms with Crippen molar-refractivity contribution >= 4 is 23.6 Å². The average molecular weight is 391 g/mol. The van der Waals surface area contributed by atoms with E-state index in [1.807, 2.05) is 0 Å². The van der Waals surface area contributed by atoms with E-state index < -0.39 is 5.91 Å². The zero-order valence-electron chi connectivity index (χ0n) is 15.4. The molecule has 1 saturated carbocycles. The maximum Gasteiger partial charge on any atom is 0.230 e. The van der Waals surface area contributed by atoms with Crippen molar-refractivity contribution in [3.63, 3.8) is 0 Å². The summed E-state index contributed by atoms with van der Waals surface area (Å²) < 4.78 is 7.15. The number of furan rings is 1. The molecule has 1 aliphatic rings. The third kappa shape index (κ3) is 5.35. The number of primary amides is 1. The molecule has 2 heterocycles. The van der Waals surface area contributed by atoms with Crippen molar-refractivity contribution in [2.75, 3.05) is 5.75 Å². The van der Waals surface area contributed by atoms with Crippen LogP contribution in [-0.2, 0) is 16.1 Å². The lowest BCUT2D eigenvalue weighted by Gasteiger charge is -2.26. The van der Waals surface area contributed by atoms with E-state index in [4.69, 9.17) is 10.2 Å². The Balaban J connectivity index is 1.61. The zero-order chi connectivity index (χ0) is 19.2. The van der Waals surface area contributed by atoms with Crippen LogP contribution in [0.1, 0.15) is 39.0 Å². The Morgan fingerprint density at radius 2 is 2.11 bits per heavy atom. The van der Waals surface area contributed by atoms with E-state index in [2.05, 4.69) is 22.4 Å². The maximum atomic E-state index is 12.3. The van der Waals surface area contributed by atoms with E-state index >= 15 is 0 Å². The molecule has 0 unspecified atom stereocenters. The molecular weight excluding hydrogens is 366 g/mol. The number of nitrogens with one attached hydrogen (secondary N) is 1. The molecule has 1 aliphatic carbocycles. The Bertz CT molecular complexity index is 766. The van der Waals surface area contributed by atoms with Gasteiger partial charge in [-0.1, -0.05) is 18.7 Å². The van der Waals surface area contributed by atoms with E-state index in [1.165, 1.54) is 11.8 Å². The largest absolute Gasteiger partial charge is 0.461 e. The van der Waals surface area contributed by atoms with Crippen LogP contribution in [-0.4, -0.2) is 38.4 Å². The normalized spacial score (nSPS) is 19.7. The van der Waals surface area contributed by atoms with Crippen LogP contribution in [0.3, 0.4) is 0 Å². The predicted octanol–water partition coefficient (Wildman–Crippen LogP) is 2.20. The van der Waals surface area contributed by atoms with Crippen LogP contribution >= 0.6 is 11.8 Å². The molecule has 0 aliphatic heterocycles. The van der Waals surface area contributed by atoms with E-state index in [1.54, 1.807) is 23.0 Å². The summed E-state index contributed by atoms with van der Waals surface area (Å²) in [5, 5.41) is 12.0. The minimum atomic E-state index is -0.408. The molecule has 3 rings (SSSR count). The fraction of sp³-hybridized carbons (Fsp3) is 0.556. The second-order valence-corrected chi connectivity index (χ2v) is 7.91. The van der Waals surface area contributed by atoms with Crippen LogP contribution < -0.4 is 11.1 Å². The Kier molecular flexibility index (Phi) is 6.54. The summed E-state index contributed by atoms with van der Waals surface area (Å²) in [4.78, 5) is 23.5. The van der Waals surface area contributed by atoms with Gasteiger partial charge in [-0.3, -0.25) is 14.2 Å². The lowest BCUT2D eigenvalue weighted by atomic mass is 9.87. The van der Waals surface area contributed by atoms with Crippen LogP contribution in [0.25, 0.3) is 11.6 Å². The molecule has 0 spiro atoms. The number of rotatable bonds is 8. The molecule has 0 radical (unpaired) electrons. The standard InChI is InChI=1S/C18H25N5O3S/c1-12-4-6-13(7-5-12)20-16(25)11-27-18-22-21-17(14-3-2-10-26-14)23(18)9-8-15(19)24/h2-3,10,12-13H,4-9,11H2,1H3,(H2,19,24)(H,20,25). The van der Waals surface area contributed by atoms with Gasteiger partial charge in [0.15, 0.2) is 16.7 Å². The van der Waals surface area contributed by atoms with Crippen LogP contribution in [0.2, 0.25) is 0 Å². The van der Waals surface area contributed by atoms with Gasteiger partial charge in [-0.15, -0.1) is 10.2 Å². The molecule has 2 amide bonds. The van der Waals surface area contributed by atoms with E-state index in [0.29, 0.717) is 23.3 Å². The van der Waals surface area contributed by atoms with Gasteiger partial charge < -0.3 is 15.5 Å². The van der Waals surface area contributed by atoms with Crippen molar-refractivity contribution in [3.8, 4) is 11.6 Å². The minimum Gasteiger partial charge on any atom is -0.461 e. The first-order chi connectivity index (χ1) is 13.0. The number of nitrogens with zero attached hydrogens (tertiary/aromatic N) is 3. The molecule has 27 heavy (non-hydrogen) atoms. The van der Waals surface area contributed by atoms with Gasteiger partial charge in [-0.2, -0.15) is 0 Å². The second kappa shape index (κ2) is 9.07. The Labute approximate surface area is 162 Å². The van der Waals surface area contributed by atoms with Gasteiger partial charge in [0.1, 0.15) is 0 Å². The third-order valence-electron chi connectivity index (χ3n) is 4.75. The summed E-state index contributed by atoms with van der Waals surface area (Å²) in [5.41, 5.74) is 5.28. The third-order valence-corrected chi connectivity index (χ3v) is 5.72. The lowest BCUT2D eigenvalue weighted by Crippen LogP contribution is -2.38. The maximum absolute atomic E-state index is 12.3. The van der Waals surface area contributed by atoms with Crippen molar-refractivity contribution < 1.29 is 14.0 Å². The van der Waals surface area contributed by atoms with E-state index in [-0.39, 0.29) is 24.1 Å². The molecule has 0 aromatic carbocycles. The first kappa shape index (κ1) is 19.5. The first-order valence-electron chi connectivity index (χ1n) is 9.20. The quantitative estimate of drug-likeness (QED) is 0.667. The van der Waals surface area contributed by atoms with Crippen LogP contribution in [0, 0.1) is 5.92 Å². The zero-order valence-corrected chi connectivity index (χ0v) is 16.2. The van der Waals surface area contributed by atoms with Crippen LogP contribution in [0.5, 0.6) is 0 Å². The van der Waals surface area contributed by atoms with Crippen molar-refractivity contribution in [1.29, 1.82) is 0 Å². The number of nitrogens with two attached hydrogens (primary N) is 1. The average Bonchev–Trinajstić information content (AvgIpc) is 3.29. The number of carbonyl (C=O) groups excluding carboxylic acids is 2. The molecule has 9 heteroatoms. The Morgan fingerprint density at radius 3 is 2.78 bits per heavy atom. The summed E-state index contributed by atoms with van der Waals surface area (Å²) in [6.07, 6.45) is 6.10. The molecular formula is C18H25N5O3S. The smallest absolute Gasteiger partial charge is 0.230 e. The number of hydrogen-bond acceptors (Lipinski definition) is 6. The van der Waals surface area contributed by atoms with Crippen molar-refractivity contribution in [2.45, 2.75) is 56.8 Å². The summed E-state index contributed by atoms with van der Waals surface area (Å²) in [5.74, 6) is 1.65. The highest BCUT2D eigenvalue weighted by molar-refractivity contribution is 7.99. The molecule has 2 aromatic rings. The van der Waals surface area contributed by atoms with Crippen LogP contribution in [0.15, 0.2) is 28.0 Å². The topological polar surface area (TPSA) is 116 Å². The number of carbonyl (C=O) groups is 2. The number of thioether (sulfide) groups is 1. The highest BCUT2D eigenvalue weighted by atomic mass is 32.2. The summed E-state index contributed by atoms with van der Waals surface area (Å²) in [6, 6.07) is 3.80. The van der Waals surface area contributed by atoms with E-state index in [9.17, 15) is 9.59 Å². The van der Waals surface area contributed by atoms with E-state index in [0.717, 1.165) is 31.6 Å². The molecule has 146 valence electrons. The van der Waals surface area contributed by atoms with Crippen molar-refractivity contribution in [1.82, 2.24) is 20.1 Å². The molecule has 8 nitrogen and oxygen atoms in total. The first-order valence-corrected chi connectivity index (χ1v) is 10.2. The number of hydrogen-bond donors (Lipinski definition) is 2. The number of aromatic nitrogens is 3. The minimum absolute atomic E-state index is 0.0106. The van der Waals surface area contributed by atoms with Gasteiger partial charge in [0.2, 0.25) is 11.8 Å². The fourth-order valence-corrected chi connectivity index (χ4v) is 3.99. The van der Waals surface area contributed by atoms with Crippen LogP contribution in [0.4, 0.5) is 0 Å². The summed E-state index contributed by atoms with van der Waals surface area (Å²) in [6.45, 7) is 2.59. The fourth-order valence-electron chi connectivity index (χ4n) is 3.21. The van der Waals surface area contributed by atoms with Gasteiger partial charge in [-0.25, -0.2) is 0 Å². The second-order valence-electron chi connectivity index (χ2n) is 6.96. The summed E-state index contributed by atoms with van der Waals surface area (Å²) in [7, 11) is 0.